The fourth-order valence-corrected chi connectivity index (χ4v) is 4.87. The molecule has 1 aromatic heterocycles. The number of aryl methyl sites for hydroxylation is 1. The number of hydrogen-bond acceptors (Lipinski definition) is 3. The second-order valence-electron chi connectivity index (χ2n) is 7.96. The number of carbonyl (C=O) groups is 2. The zero-order chi connectivity index (χ0) is 23.1. The minimum Gasteiger partial charge on any atom is -0.364 e. The lowest BCUT2D eigenvalue weighted by Gasteiger charge is -2.43. The SMILES string of the molecule is C#Cc1ccc([N+]2(C(N)=O)CCC[C@]2(C(N)=O)c2ccc(-n3ccc(C)n3)cc2F)cc1. The molecular weight excluding hydrogens is 409 g/mol. The van der Waals surface area contributed by atoms with E-state index in [-0.39, 0.29) is 18.5 Å². The first-order chi connectivity index (χ1) is 15.3. The van der Waals surface area contributed by atoms with Crippen molar-refractivity contribution >= 4 is 17.6 Å². The summed E-state index contributed by atoms with van der Waals surface area (Å²) in [6.07, 6.45) is 7.77. The van der Waals surface area contributed by atoms with E-state index < -0.39 is 27.8 Å². The number of likely N-dealkylation sites (tertiary alicyclic amines) is 1. The number of rotatable bonds is 4. The first-order valence-electron chi connectivity index (χ1n) is 10.1. The minimum atomic E-state index is -1.70. The summed E-state index contributed by atoms with van der Waals surface area (Å²) in [5, 5.41) is 4.29. The number of hydrogen-bond donors (Lipinski definition) is 2. The van der Waals surface area contributed by atoms with Gasteiger partial charge < -0.3 is 11.5 Å². The predicted molar refractivity (Wildman–Crippen MR) is 119 cm³/mol. The molecule has 2 aromatic carbocycles. The lowest BCUT2D eigenvalue weighted by Crippen LogP contribution is -2.70. The summed E-state index contributed by atoms with van der Waals surface area (Å²) in [5.74, 6) is 1.02. The van der Waals surface area contributed by atoms with Crippen molar-refractivity contribution in [2.45, 2.75) is 25.3 Å². The van der Waals surface area contributed by atoms with Crippen LogP contribution in [0.3, 0.4) is 0 Å². The molecule has 0 radical (unpaired) electrons. The standard InChI is InChI=1S/C24H22FN5O2/c1-3-17-5-8-19(9-6-17)30(23(27)32)14-4-12-24(30,22(26)31)20-10-7-18(15-21(20)25)29-13-11-16(2)28-29/h1,5-11,13,15H,4,12,14H2,2H3,(H3-,26,27,31,32)/p+1/t24-,30?/m1/s1. The van der Waals surface area contributed by atoms with Gasteiger partial charge in [0.15, 0.2) is 0 Å². The first kappa shape index (κ1) is 21.3. The highest BCUT2D eigenvalue weighted by Crippen LogP contribution is 2.49. The van der Waals surface area contributed by atoms with Gasteiger partial charge in [-0.1, -0.05) is 5.92 Å². The average Bonchev–Trinajstić information content (AvgIpc) is 3.39. The Morgan fingerprint density at radius 2 is 1.91 bits per heavy atom. The van der Waals surface area contributed by atoms with Crippen LogP contribution in [0.1, 0.15) is 29.7 Å². The third-order valence-electron chi connectivity index (χ3n) is 6.33. The lowest BCUT2D eigenvalue weighted by molar-refractivity contribution is -0.127. The summed E-state index contributed by atoms with van der Waals surface area (Å²) in [6, 6.07) is 12.0. The molecule has 4 rings (SSSR count). The van der Waals surface area contributed by atoms with Crippen LogP contribution in [0, 0.1) is 25.1 Å². The molecule has 8 heteroatoms. The number of benzene rings is 2. The lowest BCUT2D eigenvalue weighted by atomic mass is 9.83. The second-order valence-corrected chi connectivity index (χ2v) is 7.96. The van der Waals surface area contributed by atoms with E-state index in [0.717, 1.165) is 5.69 Å². The van der Waals surface area contributed by atoms with Gasteiger partial charge in [0, 0.05) is 42.8 Å². The molecule has 3 amide bonds. The highest BCUT2D eigenvalue weighted by molar-refractivity contribution is 5.99. The van der Waals surface area contributed by atoms with Crippen LogP contribution < -0.4 is 16.0 Å². The number of nitrogens with two attached hydrogens (primary N) is 2. The fourth-order valence-electron chi connectivity index (χ4n) is 4.87. The van der Waals surface area contributed by atoms with Crippen molar-refractivity contribution in [3.05, 3.63) is 77.4 Å². The Kier molecular flexibility index (Phi) is 5.07. The van der Waals surface area contributed by atoms with Gasteiger partial charge in [0.1, 0.15) is 11.5 Å². The Labute approximate surface area is 185 Å². The molecule has 0 saturated carbocycles. The highest BCUT2D eigenvalue weighted by atomic mass is 19.1. The molecule has 32 heavy (non-hydrogen) atoms. The van der Waals surface area contributed by atoms with Crippen LogP contribution in [0.25, 0.3) is 5.69 Å². The van der Waals surface area contributed by atoms with Gasteiger partial charge in [-0.25, -0.2) is 13.9 Å². The van der Waals surface area contributed by atoms with Crippen LogP contribution in [-0.2, 0) is 10.3 Å². The number of quaternary nitrogens is 1. The molecule has 0 bridgehead atoms. The van der Waals surface area contributed by atoms with E-state index in [2.05, 4.69) is 11.0 Å². The number of terminal acetylenes is 1. The number of halogens is 1. The summed E-state index contributed by atoms with van der Waals surface area (Å²) in [5.41, 5.74) is 12.4. The van der Waals surface area contributed by atoms with E-state index in [0.29, 0.717) is 23.4 Å². The maximum absolute atomic E-state index is 15.6. The molecular formula is C24H23FN5O2+. The van der Waals surface area contributed by atoms with Crippen molar-refractivity contribution in [1.82, 2.24) is 14.3 Å². The van der Waals surface area contributed by atoms with Crippen molar-refractivity contribution in [2.24, 2.45) is 11.5 Å². The van der Waals surface area contributed by atoms with Gasteiger partial charge in [0.25, 0.3) is 5.91 Å². The molecule has 1 aliphatic heterocycles. The Hall–Kier alpha value is -3.96. The van der Waals surface area contributed by atoms with Crippen LogP contribution >= 0.6 is 0 Å². The van der Waals surface area contributed by atoms with Crippen molar-refractivity contribution in [3.8, 4) is 18.0 Å². The maximum Gasteiger partial charge on any atom is 0.420 e. The minimum absolute atomic E-state index is 0.0231. The van der Waals surface area contributed by atoms with Gasteiger partial charge in [0.2, 0.25) is 5.54 Å². The average molecular weight is 432 g/mol. The van der Waals surface area contributed by atoms with Crippen molar-refractivity contribution in [1.29, 1.82) is 0 Å². The predicted octanol–water partition coefficient (Wildman–Crippen LogP) is 2.86. The van der Waals surface area contributed by atoms with Gasteiger partial charge in [-0.15, -0.1) is 6.42 Å². The molecule has 1 unspecified atom stereocenters. The zero-order valence-electron chi connectivity index (χ0n) is 17.6. The molecule has 1 aliphatic rings. The molecule has 7 nitrogen and oxygen atoms in total. The third-order valence-corrected chi connectivity index (χ3v) is 6.33. The molecule has 3 aromatic rings. The summed E-state index contributed by atoms with van der Waals surface area (Å²) in [6.45, 7) is 2.03. The Morgan fingerprint density at radius 3 is 2.44 bits per heavy atom. The van der Waals surface area contributed by atoms with Gasteiger partial charge >= 0.3 is 6.03 Å². The quantitative estimate of drug-likeness (QED) is 0.489. The monoisotopic (exact) mass is 432 g/mol. The van der Waals surface area contributed by atoms with Crippen molar-refractivity contribution in [2.75, 3.05) is 6.54 Å². The second kappa shape index (κ2) is 7.62. The molecule has 1 fully saturated rings. The van der Waals surface area contributed by atoms with Gasteiger partial charge in [-0.05, 0) is 37.3 Å². The molecule has 0 spiro atoms. The summed E-state index contributed by atoms with van der Waals surface area (Å²) in [4.78, 5) is 26.0. The topological polar surface area (TPSA) is 104 Å². The van der Waals surface area contributed by atoms with Gasteiger partial charge in [-0.2, -0.15) is 9.58 Å². The maximum atomic E-state index is 15.6. The zero-order valence-corrected chi connectivity index (χ0v) is 17.6. The number of urea groups is 1. The molecule has 0 aliphatic carbocycles. The Bertz CT molecular complexity index is 1260. The molecule has 2 heterocycles. The largest absolute Gasteiger partial charge is 0.420 e. The summed E-state index contributed by atoms with van der Waals surface area (Å²) >= 11 is 0. The van der Waals surface area contributed by atoms with Crippen LogP contribution in [0.15, 0.2) is 54.7 Å². The number of carbonyl (C=O) groups excluding carboxylic acids is 2. The molecule has 1 saturated heterocycles. The number of amides is 3. The molecule has 162 valence electrons. The number of primary amides is 2. The molecule has 4 N–H and O–H groups in total. The fraction of sp³-hybridized carbons (Fsp3) is 0.208. The van der Waals surface area contributed by atoms with E-state index in [4.69, 9.17) is 17.9 Å². The van der Waals surface area contributed by atoms with Crippen molar-refractivity contribution in [3.63, 3.8) is 0 Å². The summed E-state index contributed by atoms with van der Waals surface area (Å²) < 4.78 is 16.5. The molecule has 2 atom stereocenters. The Morgan fingerprint density at radius 1 is 1.19 bits per heavy atom. The van der Waals surface area contributed by atoms with Crippen LogP contribution in [0.5, 0.6) is 0 Å². The Balaban J connectivity index is 1.94. The third kappa shape index (κ3) is 2.90. The van der Waals surface area contributed by atoms with Crippen LogP contribution in [-0.4, -0.2) is 28.3 Å². The van der Waals surface area contributed by atoms with E-state index in [1.54, 1.807) is 42.6 Å². The summed E-state index contributed by atoms with van der Waals surface area (Å²) in [7, 11) is 0. The van der Waals surface area contributed by atoms with Gasteiger partial charge in [0.05, 0.1) is 23.5 Å². The first-order valence-corrected chi connectivity index (χ1v) is 10.1. The van der Waals surface area contributed by atoms with E-state index in [1.165, 1.54) is 16.8 Å². The van der Waals surface area contributed by atoms with E-state index >= 15 is 4.39 Å². The number of nitrogens with zero attached hydrogens (tertiary/aromatic N) is 3. The van der Waals surface area contributed by atoms with E-state index in [9.17, 15) is 9.59 Å². The normalized spacial score (nSPS) is 22.4. The van der Waals surface area contributed by atoms with Crippen LogP contribution in [0.4, 0.5) is 14.9 Å². The van der Waals surface area contributed by atoms with E-state index in [1.807, 2.05) is 6.92 Å². The van der Waals surface area contributed by atoms with Crippen LogP contribution in [0.2, 0.25) is 0 Å². The number of aromatic nitrogens is 2. The highest BCUT2D eigenvalue weighted by Gasteiger charge is 2.66. The van der Waals surface area contributed by atoms with Gasteiger partial charge in [-0.3, -0.25) is 4.79 Å². The smallest absolute Gasteiger partial charge is 0.364 e. The van der Waals surface area contributed by atoms with Crippen molar-refractivity contribution < 1.29 is 14.0 Å².